The Morgan fingerprint density at radius 2 is 1.54 bits per heavy atom. The molecule has 8 nitrogen and oxygen atoms in total. The van der Waals surface area contributed by atoms with Crippen LogP contribution in [0.15, 0.2) is 29.2 Å². The van der Waals surface area contributed by atoms with Gasteiger partial charge in [-0.3, -0.25) is 0 Å². The van der Waals surface area contributed by atoms with Crippen LogP contribution in [-0.4, -0.2) is 64.7 Å². The van der Waals surface area contributed by atoms with Crippen molar-refractivity contribution in [3.63, 3.8) is 0 Å². The van der Waals surface area contributed by atoms with Gasteiger partial charge in [-0.25, -0.2) is 25.3 Å². The van der Waals surface area contributed by atoms with Crippen molar-refractivity contribution in [2.75, 3.05) is 23.0 Å². The lowest BCUT2D eigenvalue weighted by atomic mass is 10.2. The molecule has 142 valence electrons. The molecular weight excluding hydrogens is 400 g/mol. The third-order valence-corrected chi connectivity index (χ3v) is 10.2. The van der Waals surface area contributed by atoms with E-state index in [2.05, 4.69) is 0 Å². The first-order chi connectivity index (χ1) is 12.0. The first kappa shape index (κ1) is 19.3. The molecule has 26 heavy (non-hydrogen) atoms. The number of benzene rings is 1. The van der Waals surface area contributed by atoms with Gasteiger partial charge in [-0.2, -0.15) is 9.57 Å². The van der Waals surface area contributed by atoms with Crippen LogP contribution < -0.4 is 0 Å². The SMILES string of the molecule is N#Cc1cccc(S(=O)(=O)N([C@H]2CCS(=O)(=O)C2)[C@H]2CCS(=O)(=O)C2)c1. The predicted octanol–water partition coefficient (Wildman–Crippen LogP) is -0.0768. The first-order valence-corrected chi connectivity index (χ1v) is 13.1. The van der Waals surface area contributed by atoms with Gasteiger partial charge in [-0.1, -0.05) is 6.07 Å². The Morgan fingerprint density at radius 3 is 1.96 bits per heavy atom. The molecule has 1 aromatic rings. The van der Waals surface area contributed by atoms with Gasteiger partial charge in [-0.05, 0) is 31.0 Å². The van der Waals surface area contributed by atoms with Gasteiger partial charge in [-0.15, -0.1) is 0 Å². The molecule has 0 spiro atoms. The maximum atomic E-state index is 13.2. The van der Waals surface area contributed by atoms with Gasteiger partial charge in [0.2, 0.25) is 10.0 Å². The molecule has 0 saturated carbocycles. The van der Waals surface area contributed by atoms with E-state index in [-0.39, 0.29) is 46.3 Å². The number of hydrogen-bond donors (Lipinski definition) is 0. The summed E-state index contributed by atoms with van der Waals surface area (Å²) in [6.45, 7) is 0. The van der Waals surface area contributed by atoms with Gasteiger partial charge >= 0.3 is 0 Å². The van der Waals surface area contributed by atoms with E-state index in [4.69, 9.17) is 5.26 Å². The summed E-state index contributed by atoms with van der Waals surface area (Å²) >= 11 is 0. The van der Waals surface area contributed by atoms with E-state index in [1.807, 2.05) is 6.07 Å². The molecule has 0 radical (unpaired) electrons. The minimum atomic E-state index is -4.15. The third kappa shape index (κ3) is 3.78. The lowest BCUT2D eigenvalue weighted by molar-refractivity contribution is 0.280. The molecule has 3 rings (SSSR count). The predicted molar refractivity (Wildman–Crippen MR) is 94.3 cm³/mol. The fourth-order valence-electron chi connectivity index (χ4n) is 3.49. The van der Waals surface area contributed by atoms with E-state index < -0.39 is 41.8 Å². The lowest BCUT2D eigenvalue weighted by Gasteiger charge is -2.32. The van der Waals surface area contributed by atoms with Crippen LogP contribution in [0.5, 0.6) is 0 Å². The molecule has 2 atom stereocenters. The van der Waals surface area contributed by atoms with E-state index in [1.54, 1.807) is 0 Å². The monoisotopic (exact) mass is 418 g/mol. The number of sulfonamides is 1. The second kappa shape index (κ2) is 6.60. The summed E-state index contributed by atoms with van der Waals surface area (Å²) in [7, 11) is -10.9. The number of nitriles is 1. The number of hydrogen-bond acceptors (Lipinski definition) is 7. The van der Waals surface area contributed by atoms with Crippen LogP contribution >= 0.6 is 0 Å². The third-order valence-electron chi connectivity index (χ3n) is 4.68. The average molecular weight is 419 g/mol. The Kier molecular flexibility index (Phi) is 4.89. The highest BCUT2D eigenvalue weighted by atomic mass is 32.2. The molecule has 0 bridgehead atoms. The van der Waals surface area contributed by atoms with Crippen molar-refractivity contribution >= 4 is 29.7 Å². The first-order valence-electron chi connectivity index (χ1n) is 7.99. The summed E-state index contributed by atoms with van der Waals surface area (Å²) in [6, 6.07) is 5.71. The highest BCUT2D eigenvalue weighted by Crippen LogP contribution is 2.31. The van der Waals surface area contributed by atoms with Gasteiger partial charge in [0.05, 0.1) is 39.5 Å². The van der Waals surface area contributed by atoms with Crippen molar-refractivity contribution in [3.05, 3.63) is 29.8 Å². The lowest BCUT2D eigenvalue weighted by Crippen LogP contribution is -2.48. The standard InChI is InChI=1S/C15H18N2O6S3/c16-9-12-2-1-3-15(8-12)26(22,23)17(13-4-6-24(18,19)10-13)14-5-7-25(20,21)11-14/h1-3,8,13-14H,4-7,10-11H2/t13-,14-/m0/s1. The van der Waals surface area contributed by atoms with Gasteiger partial charge in [0.25, 0.3) is 0 Å². The van der Waals surface area contributed by atoms with Crippen molar-refractivity contribution in [1.82, 2.24) is 4.31 Å². The summed E-state index contributed by atoms with van der Waals surface area (Å²) < 4.78 is 75.0. The molecule has 0 aliphatic carbocycles. The molecule has 1 aromatic carbocycles. The van der Waals surface area contributed by atoms with Crippen molar-refractivity contribution in [1.29, 1.82) is 5.26 Å². The zero-order chi connectivity index (χ0) is 19.2. The molecule has 2 saturated heterocycles. The van der Waals surface area contributed by atoms with Crippen molar-refractivity contribution in [3.8, 4) is 6.07 Å². The van der Waals surface area contributed by atoms with E-state index >= 15 is 0 Å². The van der Waals surface area contributed by atoms with Crippen LogP contribution in [0.1, 0.15) is 18.4 Å². The maximum Gasteiger partial charge on any atom is 0.243 e. The van der Waals surface area contributed by atoms with Crippen LogP contribution in [0.3, 0.4) is 0 Å². The normalized spacial score (nSPS) is 27.4. The molecule has 2 aliphatic heterocycles. The number of rotatable bonds is 4. The minimum absolute atomic E-state index is 0.124. The Morgan fingerprint density at radius 1 is 1.00 bits per heavy atom. The van der Waals surface area contributed by atoms with E-state index in [0.717, 1.165) is 4.31 Å². The van der Waals surface area contributed by atoms with Crippen molar-refractivity contribution in [2.24, 2.45) is 0 Å². The molecule has 2 fully saturated rings. The van der Waals surface area contributed by atoms with E-state index in [1.165, 1.54) is 24.3 Å². The molecule has 2 aliphatic rings. The summed E-state index contributed by atoms with van der Waals surface area (Å²) in [6.07, 6.45) is 0.270. The highest BCUT2D eigenvalue weighted by Gasteiger charge is 2.46. The molecule has 0 amide bonds. The fraction of sp³-hybridized carbons (Fsp3) is 0.533. The van der Waals surface area contributed by atoms with Gasteiger partial charge in [0.1, 0.15) is 0 Å². The Bertz CT molecular complexity index is 1030. The van der Waals surface area contributed by atoms with Crippen molar-refractivity contribution < 1.29 is 25.3 Å². The summed E-state index contributed by atoms with van der Waals surface area (Å²) in [4.78, 5) is -0.134. The van der Waals surface area contributed by atoms with Crippen LogP contribution in [-0.2, 0) is 29.7 Å². The molecule has 2 heterocycles. The zero-order valence-electron chi connectivity index (χ0n) is 13.8. The van der Waals surface area contributed by atoms with Gasteiger partial charge < -0.3 is 0 Å². The number of nitrogens with zero attached hydrogens (tertiary/aromatic N) is 2. The number of sulfone groups is 2. The Labute approximate surface area is 153 Å². The molecule has 11 heteroatoms. The van der Waals surface area contributed by atoms with Crippen LogP contribution in [0.25, 0.3) is 0 Å². The molecule has 0 N–H and O–H groups in total. The topological polar surface area (TPSA) is 129 Å². The second-order valence-electron chi connectivity index (χ2n) is 6.59. The van der Waals surface area contributed by atoms with E-state index in [0.29, 0.717) is 0 Å². The zero-order valence-corrected chi connectivity index (χ0v) is 16.2. The molecule has 0 unspecified atom stereocenters. The quantitative estimate of drug-likeness (QED) is 0.669. The highest BCUT2D eigenvalue weighted by molar-refractivity contribution is 7.92. The van der Waals surface area contributed by atoms with Crippen LogP contribution in [0.2, 0.25) is 0 Å². The fourth-order valence-corrected chi connectivity index (χ4v) is 9.02. The van der Waals surface area contributed by atoms with Gasteiger partial charge in [0, 0.05) is 12.1 Å². The van der Waals surface area contributed by atoms with E-state index in [9.17, 15) is 25.3 Å². The largest absolute Gasteiger partial charge is 0.243 e. The molecule has 0 aromatic heterocycles. The minimum Gasteiger partial charge on any atom is -0.229 e. The smallest absolute Gasteiger partial charge is 0.229 e. The Balaban J connectivity index is 2.06. The van der Waals surface area contributed by atoms with Crippen LogP contribution in [0, 0.1) is 11.3 Å². The second-order valence-corrected chi connectivity index (χ2v) is 12.9. The van der Waals surface area contributed by atoms with Gasteiger partial charge in [0.15, 0.2) is 19.7 Å². The summed E-state index contributed by atoms with van der Waals surface area (Å²) in [5, 5.41) is 9.01. The molecular formula is C15H18N2O6S3. The maximum absolute atomic E-state index is 13.2. The Hall–Kier alpha value is -1.48. The van der Waals surface area contributed by atoms with Crippen molar-refractivity contribution in [2.45, 2.75) is 29.8 Å². The average Bonchev–Trinajstić information content (AvgIpc) is 3.09. The van der Waals surface area contributed by atoms with Crippen LogP contribution in [0.4, 0.5) is 0 Å². The summed E-state index contributed by atoms with van der Waals surface area (Å²) in [5.41, 5.74) is 0.157. The summed E-state index contributed by atoms with van der Waals surface area (Å²) in [5.74, 6) is -0.885.